The minimum absolute atomic E-state index is 0.600. The molecule has 0 saturated carbocycles. The van der Waals surface area contributed by atoms with Crippen LogP contribution in [0.5, 0.6) is 0 Å². The molecule has 0 radical (unpaired) electrons. The Morgan fingerprint density at radius 2 is 2.57 bits per heavy atom. The maximum absolute atomic E-state index is 10.3. The lowest BCUT2D eigenvalue weighted by Gasteiger charge is -2.32. The fourth-order valence-corrected chi connectivity index (χ4v) is 1.96. The summed E-state index contributed by atoms with van der Waals surface area (Å²) < 4.78 is 1.96. The second kappa shape index (κ2) is 3.71. The van der Waals surface area contributed by atoms with Crippen molar-refractivity contribution in [1.29, 1.82) is 0 Å². The summed E-state index contributed by atoms with van der Waals surface area (Å²) in [6.45, 7) is 1.70. The van der Waals surface area contributed by atoms with Gasteiger partial charge in [0.05, 0.1) is 5.60 Å². The van der Waals surface area contributed by atoms with Gasteiger partial charge in [0.25, 0.3) is 0 Å². The number of nitrogens with zero attached hydrogens (tertiary/aromatic N) is 2. The number of aliphatic hydroxyl groups is 1. The van der Waals surface area contributed by atoms with Crippen LogP contribution in [0.1, 0.15) is 18.7 Å². The Kier molecular flexibility index (Phi) is 2.56. The fourth-order valence-electron chi connectivity index (χ4n) is 1.96. The molecule has 1 aliphatic heterocycles. The Hall–Kier alpha value is -0.870. The normalized spacial score (nSPS) is 27.9. The number of rotatable bonds is 2. The van der Waals surface area contributed by atoms with Crippen molar-refractivity contribution in [3.8, 4) is 0 Å². The summed E-state index contributed by atoms with van der Waals surface area (Å²) in [7, 11) is 1.96. The first-order valence-corrected chi connectivity index (χ1v) is 5.09. The molecule has 1 atom stereocenters. The van der Waals surface area contributed by atoms with E-state index >= 15 is 0 Å². The van der Waals surface area contributed by atoms with Crippen molar-refractivity contribution < 1.29 is 5.11 Å². The zero-order valence-electron chi connectivity index (χ0n) is 8.53. The monoisotopic (exact) mass is 195 g/mol. The molecular weight excluding hydrogens is 178 g/mol. The van der Waals surface area contributed by atoms with Crippen LogP contribution < -0.4 is 5.32 Å². The third-order valence-electron chi connectivity index (χ3n) is 2.86. The SMILES string of the molecule is Cn1ccnc1CC1(O)CCCNC1. The van der Waals surface area contributed by atoms with Crippen LogP contribution in [0.4, 0.5) is 0 Å². The Balaban J connectivity index is 2.05. The molecule has 4 heteroatoms. The summed E-state index contributed by atoms with van der Waals surface area (Å²) in [5.74, 6) is 0.955. The molecule has 2 rings (SSSR count). The van der Waals surface area contributed by atoms with Crippen LogP contribution in [0.15, 0.2) is 12.4 Å². The molecule has 2 heterocycles. The Bertz CT molecular complexity index is 302. The smallest absolute Gasteiger partial charge is 0.111 e. The molecule has 1 fully saturated rings. The van der Waals surface area contributed by atoms with Gasteiger partial charge in [-0.1, -0.05) is 0 Å². The second-order valence-corrected chi connectivity index (χ2v) is 4.14. The van der Waals surface area contributed by atoms with Gasteiger partial charge in [-0.15, -0.1) is 0 Å². The van der Waals surface area contributed by atoms with Gasteiger partial charge in [-0.25, -0.2) is 4.98 Å². The highest BCUT2D eigenvalue weighted by molar-refractivity contribution is 5.00. The number of aromatic nitrogens is 2. The largest absolute Gasteiger partial charge is 0.388 e. The lowest BCUT2D eigenvalue weighted by atomic mass is 9.90. The van der Waals surface area contributed by atoms with Crippen LogP contribution in [0.2, 0.25) is 0 Å². The molecule has 4 nitrogen and oxygen atoms in total. The average molecular weight is 195 g/mol. The van der Waals surface area contributed by atoms with Crippen molar-refractivity contribution in [2.75, 3.05) is 13.1 Å². The van der Waals surface area contributed by atoms with E-state index in [-0.39, 0.29) is 0 Å². The van der Waals surface area contributed by atoms with Gasteiger partial charge in [0, 0.05) is 32.4 Å². The van der Waals surface area contributed by atoms with Crippen molar-refractivity contribution in [3.05, 3.63) is 18.2 Å². The predicted octanol–water partition coefficient (Wildman–Crippen LogP) is 0.0771. The summed E-state index contributed by atoms with van der Waals surface area (Å²) in [6, 6.07) is 0. The Morgan fingerprint density at radius 3 is 3.14 bits per heavy atom. The zero-order valence-corrected chi connectivity index (χ0v) is 8.53. The molecule has 1 aromatic heterocycles. The van der Waals surface area contributed by atoms with Gasteiger partial charge in [0.15, 0.2) is 0 Å². The quantitative estimate of drug-likeness (QED) is 0.702. The van der Waals surface area contributed by atoms with E-state index in [1.807, 2.05) is 17.8 Å². The third-order valence-corrected chi connectivity index (χ3v) is 2.86. The van der Waals surface area contributed by atoms with Gasteiger partial charge in [-0.05, 0) is 19.4 Å². The highest BCUT2D eigenvalue weighted by atomic mass is 16.3. The topological polar surface area (TPSA) is 50.1 Å². The minimum Gasteiger partial charge on any atom is -0.388 e. The molecule has 1 aliphatic rings. The van der Waals surface area contributed by atoms with E-state index in [0.717, 1.165) is 25.2 Å². The number of hydrogen-bond donors (Lipinski definition) is 2. The van der Waals surface area contributed by atoms with Crippen LogP contribution in [0.25, 0.3) is 0 Å². The molecule has 1 unspecified atom stereocenters. The molecule has 0 aromatic carbocycles. The summed E-state index contributed by atoms with van der Waals surface area (Å²) >= 11 is 0. The van der Waals surface area contributed by atoms with Crippen molar-refractivity contribution in [2.24, 2.45) is 7.05 Å². The number of β-amino-alcohol motifs (C(OH)–C–C–N with tert-alkyl or cyclic N) is 1. The summed E-state index contributed by atoms with van der Waals surface area (Å²) in [5, 5.41) is 13.5. The van der Waals surface area contributed by atoms with Crippen molar-refractivity contribution >= 4 is 0 Å². The molecular formula is C10H17N3O. The molecule has 14 heavy (non-hydrogen) atoms. The number of imidazole rings is 1. The number of aryl methyl sites for hydroxylation is 1. The van der Waals surface area contributed by atoms with Crippen LogP contribution >= 0.6 is 0 Å². The van der Waals surface area contributed by atoms with E-state index in [0.29, 0.717) is 13.0 Å². The fraction of sp³-hybridized carbons (Fsp3) is 0.700. The van der Waals surface area contributed by atoms with Crippen LogP contribution in [-0.4, -0.2) is 33.3 Å². The molecule has 0 bridgehead atoms. The number of nitrogens with one attached hydrogen (secondary N) is 1. The third kappa shape index (κ3) is 1.96. The Morgan fingerprint density at radius 1 is 1.71 bits per heavy atom. The summed E-state index contributed by atoms with van der Waals surface area (Å²) in [5.41, 5.74) is -0.600. The van der Waals surface area contributed by atoms with Gasteiger partial charge in [0.2, 0.25) is 0 Å². The van der Waals surface area contributed by atoms with Crippen molar-refractivity contribution in [2.45, 2.75) is 24.9 Å². The standard InChI is InChI=1S/C10H17N3O/c1-13-6-5-12-9(13)7-10(14)3-2-4-11-8-10/h5-6,11,14H,2-4,7-8H2,1H3. The first-order chi connectivity index (χ1) is 6.70. The van der Waals surface area contributed by atoms with Gasteiger partial charge < -0.3 is 15.0 Å². The molecule has 0 aliphatic carbocycles. The first-order valence-electron chi connectivity index (χ1n) is 5.09. The molecule has 0 spiro atoms. The van der Waals surface area contributed by atoms with Gasteiger partial charge in [0.1, 0.15) is 5.82 Å². The van der Waals surface area contributed by atoms with Crippen molar-refractivity contribution in [1.82, 2.24) is 14.9 Å². The van der Waals surface area contributed by atoms with E-state index in [4.69, 9.17) is 0 Å². The van der Waals surface area contributed by atoms with Gasteiger partial charge >= 0.3 is 0 Å². The molecule has 2 N–H and O–H groups in total. The summed E-state index contributed by atoms with van der Waals surface area (Å²) in [6.07, 6.45) is 6.24. The van der Waals surface area contributed by atoms with Gasteiger partial charge in [-0.2, -0.15) is 0 Å². The zero-order chi connectivity index (χ0) is 10.0. The van der Waals surface area contributed by atoms with E-state index in [1.54, 1.807) is 6.20 Å². The maximum atomic E-state index is 10.3. The number of hydrogen-bond acceptors (Lipinski definition) is 3. The van der Waals surface area contributed by atoms with Crippen LogP contribution in [-0.2, 0) is 13.5 Å². The first kappa shape index (κ1) is 9.68. The average Bonchev–Trinajstić information content (AvgIpc) is 2.52. The Labute approximate surface area is 84.0 Å². The van der Waals surface area contributed by atoms with Gasteiger partial charge in [-0.3, -0.25) is 0 Å². The van der Waals surface area contributed by atoms with E-state index < -0.39 is 5.60 Å². The van der Waals surface area contributed by atoms with Crippen molar-refractivity contribution in [3.63, 3.8) is 0 Å². The molecule has 1 saturated heterocycles. The second-order valence-electron chi connectivity index (χ2n) is 4.14. The predicted molar refractivity (Wildman–Crippen MR) is 54.0 cm³/mol. The summed E-state index contributed by atoms with van der Waals surface area (Å²) in [4.78, 5) is 4.23. The van der Waals surface area contributed by atoms with Crippen LogP contribution in [0, 0.1) is 0 Å². The molecule has 0 amide bonds. The highest BCUT2D eigenvalue weighted by Crippen LogP contribution is 2.20. The lowest BCUT2D eigenvalue weighted by Crippen LogP contribution is -2.47. The van der Waals surface area contributed by atoms with E-state index in [9.17, 15) is 5.11 Å². The maximum Gasteiger partial charge on any atom is 0.111 e. The van der Waals surface area contributed by atoms with E-state index in [2.05, 4.69) is 10.3 Å². The minimum atomic E-state index is -0.600. The highest BCUT2D eigenvalue weighted by Gasteiger charge is 2.30. The molecule has 1 aromatic rings. The van der Waals surface area contributed by atoms with E-state index in [1.165, 1.54) is 0 Å². The van der Waals surface area contributed by atoms with Crippen LogP contribution in [0.3, 0.4) is 0 Å². The number of piperidine rings is 1. The molecule has 78 valence electrons. The lowest BCUT2D eigenvalue weighted by molar-refractivity contribution is 0.0146.